The third-order valence-corrected chi connectivity index (χ3v) is 4.80. The minimum Gasteiger partial charge on any atom is -0.386 e. The average Bonchev–Trinajstić information content (AvgIpc) is 2.41. The molecular weight excluding hydrogens is 246 g/mol. The zero-order valence-electron chi connectivity index (χ0n) is 11.0. The quantitative estimate of drug-likeness (QED) is 0.889. The maximum absolute atomic E-state index is 12.6. The predicted molar refractivity (Wildman–Crippen MR) is 76.2 cm³/mol. The number of thioether (sulfide) groups is 1. The number of hydrogen-bond acceptors (Lipinski definition) is 4. The highest BCUT2D eigenvalue weighted by molar-refractivity contribution is 8.00. The second-order valence-electron chi connectivity index (χ2n) is 4.49. The molecule has 98 valence electrons. The lowest BCUT2D eigenvalue weighted by atomic mass is 10.1. The van der Waals surface area contributed by atoms with Gasteiger partial charge in [0.1, 0.15) is 0 Å². The van der Waals surface area contributed by atoms with E-state index in [1.54, 1.807) is 18.5 Å². The molecule has 18 heavy (non-hydrogen) atoms. The van der Waals surface area contributed by atoms with Gasteiger partial charge in [0.2, 0.25) is 0 Å². The van der Waals surface area contributed by atoms with E-state index in [9.17, 15) is 4.79 Å². The minimum atomic E-state index is 0.0985. The Hall–Kier alpha value is -1.23. The Morgan fingerprint density at radius 3 is 3.06 bits per heavy atom. The molecule has 2 rings (SSSR count). The number of anilines is 1. The molecule has 0 saturated carbocycles. The molecule has 1 aromatic heterocycles. The topological polar surface area (TPSA) is 45.2 Å². The first-order valence-electron chi connectivity index (χ1n) is 6.19. The van der Waals surface area contributed by atoms with Gasteiger partial charge in [-0.15, -0.1) is 0 Å². The Morgan fingerprint density at radius 2 is 2.33 bits per heavy atom. The van der Waals surface area contributed by atoms with E-state index in [1.165, 1.54) is 0 Å². The van der Waals surface area contributed by atoms with Crippen molar-refractivity contribution in [2.24, 2.45) is 0 Å². The van der Waals surface area contributed by atoms with E-state index in [1.807, 2.05) is 23.7 Å². The number of pyridine rings is 1. The number of nitrogens with one attached hydrogen (secondary N) is 1. The van der Waals surface area contributed by atoms with Gasteiger partial charge in [0, 0.05) is 36.8 Å². The largest absolute Gasteiger partial charge is 0.386 e. The lowest BCUT2D eigenvalue weighted by Gasteiger charge is -2.37. The molecule has 1 aliphatic heterocycles. The van der Waals surface area contributed by atoms with Crippen LogP contribution in [0.1, 0.15) is 24.2 Å². The zero-order valence-corrected chi connectivity index (χ0v) is 11.8. The van der Waals surface area contributed by atoms with Crippen LogP contribution in [0.5, 0.6) is 0 Å². The van der Waals surface area contributed by atoms with Crippen molar-refractivity contribution >= 4 is 23.4 Å². The third-order valence-electron chi connectivity index (χ3n) is 3.47. The first kappa shape index (κ1) is 13.2. The lowest BCUT2D eigenvalue weighted by Crippen LogP contribution is -2.48. The molecule has 0 radical (unpaired) electrons. The summed E-state index contributed by atoms with van der Waals surface area (Å²) in [5, 5.41) is 3.51. The minimum absolute atomic E-state index is 0.0985. The van der Waals surface area contributed by atoms with Crippen molar-refractivity contribution in [3.63, 3.8) is 0 Å². The van der Waals surface area contributed by atoms with Crippen LogP contribution in [0.3, 0.4) is 0 Å². The first-order chi connectivity index (χ1) is 8.65. The van der Waals surface area contributed by atoms with E-state index < -0.39 is 0 Å². The van der Waals surface area contributed by atoms with Gasteiger partial charge in [0.15, 0.2) is 0 Å². The molecule has 1 N–H and O–H groups in total. The molecule has 2 heterocycles. The molecule has 5 heteroatoms. The van der Waals surface area contributed by atoms with Crippen LogP contribution in [0.4, 0.5) is 5.69 Å². The van der Waals surface area contributed by atoms with Crippen molar-refractivity contribution in [1.82, 2.24) is 9.88 Å². The van der Waals surface area contributed by atoms with Gasteiger partial charge in [-0.1, -0.05) is 6.92 Å². The predicted octanol–water partition coefficient (Wildman–Crippen LogP) is 2.09. The van der Waals surface area contributed by atoms with Gasteiger partial charge in [-0.25, -0.2) is 0 Å². The van der Waals surface area contributed by atoms with Crippen molar-refractivity contribution in [3.8, 4) is 0 Å². The Balaban J connectivity index is 2.25. The Bertz CT molecular complexity index is 438. The van der Waals surface area contributed by atoms with Gasteiger partial charge in [0.05, 0.1) is 17.4 Å². The van der Waals surface area contributed by atoms with E-state index >= 15 is 0 Å². The lowest BCUT2D eigenvalue weighted by molar-refractivity contribution is 0.0699. The number of nitrogens with zero attached hydrogens (tertiary/aromatic N) is 2. The number of carbonyl (C=O) groups excluding carboxylic acids is 1. The maximum atomic E-state index is 12.6. The van der Waals surface area contributed by atoms with Crippen molar-refractivity contribution < 1.29 is 4.79 Å². The fraction of sp³-hybridized carbons (Fsp3) is 0.538. The van der Waals surface area contributed by atoms with Crippen molar-refractivity contribution in [2.75, 3.05) is 24.7 Å². The van der Waals surface area contributed by atoms with Crippen LogP contribution in [0.15, 0.2) is 18.5 Å². The van der Waals surface area contributed by atoms with Gasteiger partial charge in [-0.3, -0.25) is 9.78 Å². The van der Waals surface area contributed by atoms with Crippen LogP contribution in [0.2, 0.25) is 0 Å². The molecule has 1 fully saturated rings. The summed E-state index contributed by atoms with van der Waals surface area (Å²) in [6.45, 7) is 5.12. The van der Waals surface area contributed by atoms with E-state index in [0.29, 0.717) is 10.8 Å². The highest BCUT2D eigenvalue weighted by Crippen LogP contribution is 2.26. The highest BCUT2D eigenvalue weighted by atomic mass is 32.2. The van der Waals surface area contributed by atoms with Gasteiger partial charge < -0.3 is 10.2 Å². The third kappa shape index (κ3) is 2.46. The number of rotatable bonds is 2. The Kier molecular flexibility index (Phi) is 4.11. The molecule has 2 unspecified atom stereocenters. The number of amides is 1. The monoisotopic (exact) mass is 265 g/mol. The van der Waals surface area contributed by atoms with E-state index in [-0.39, 0.29) is 11.9 Å². The standard InChI is InChI=1S/C13H19N3OS/c1-9-10(2)18-7-6-16(9)13(17)11-4-5-15-8-12(11)14-3/h4-5,8-10,14H,6-7H2,1-3H3. The van der Waals surface area contributed by atoms with Crippen LogP contribution in [0.25, 0.3) is 0 Å². The summed E-state index contributed by atoms with van der Waals surface area (Å²) in [4.78, 5) is 18.6. The smallest absolute Gasteiger partial charge is 0.256 e. The Labute approximate surface area is 112 Å². The molecule has 1 aromatic rings. The van der Waals surface area contributed by atoms with Crippen molar-refractivity contribution in [1.29, 1.82) is 0 Å². The maximum Gasteiger partial charge on any atom is 0.256 e. The highest BCUT2D eigenvalue weighted by Gasteiger charge is 2.30. The number of aromatic nitrogens is 1. The number of carbonyl (C=O) groups is 1. The first-order valence-corrected chi connectivity index (χ1v) is 7.24. The van der Waals surface area contributed by atoms with Crippen LogP contribution in [-0.4, -0.2) is 46.4 Å². The summed E-state index contributed by atoms with van der Waals surface area (Å²) in [6.07, 6.45) is 3.36. The molecule has 0 spiro atoms. The summed E-state index contributed by atoms with van der Waals surface area (Å²) >= 11 is 1.93. The van der Waals surface area contributed by atoms with Gasteiger partial charge >= 0.3 is 0 Å². The summed E-state index contributed by atoms with van der Waals surface area (Å²) in [7, 11) is 1.81. The second kappa shape index (κ2) is 5.61. The zero-order chi connectivity index (χ0) is 13.1. The van der Waals surface area contributed by atoms with E-state index in [0.717, 1.165) is 18.0 Å². The van der Waals surface area contributed by atoms with Gasteiger partial charge in [-0.05, 0) is 13.0 Å². The van der Waals surface area contributed by atoms with Crippen LogP contribution >= 0.6 is 11.8 Å². The molecule has 1 amide bonds. The molecule has 0 bridgehead atoms. The molecule has 1 saturated heterocycles. The Morgan fingerprint density at radius 1 is 1.56 bits per heavy atom. The fourth-order valence-electron chi connectivity index (χ4n) is 2.15. The van der Waals surface area contributed by atoms with E-state index in [4.69, 9.17) is 0 Å². The van der Waals surface area contributed by atoms with Crippen LogP contribution in [-0.2, 0) is 0 Å². The van der Waals surface area contributed by atoms with Crippen LogP contribution < -0.4 is 5.32 Å². The molecule has 0 aliphatic carbocycles. The summed E-state index contributed by atoms with van der Waals surface area (Å²) in [6, 6.07) is 2.06. The number of hydrogen-bond donors (Lipinski definition) is 1. The van der Waals surface area contributed by atoms with Crippen molar-refractivity contribution in [3.05, 3.63) is 24.0 Å². The van der Waals surface area contributed by atoms with Gasteiger partial charge in [0.25, 0.3) is 5.91 Å². The molecule has 2 atom stereocenters. The molecule has 4 nitrogen and oxygen atoms in total. The summed E-state index contributed by atoms with van der Waals surface area (Å²) in [5.74, 6) is 1.11. The summed E-state index contributed by atoms with van der Waals surface area (Å²) in [5.41, 5.74) is 1.50. The second-order valence-corrected chi connectivity index (χ2v) is 5.97. The summed E-state index contributed by atoms with van der Waals surface area (Å²) < 4.78 is 0. The molecular formula is C13H19N3OS. The molecule has 0 aromatic carbocycles. The van der Waals surface area contributed by atoms with Gasteiger partial charge in [-0.2, -0.15) is 11.8 Å². The average molecular weight is 265 g/mol. The van der Waals surface area contributed by atoms with Crippen LogP contribution in [0, 0.1) is 0 Å². The normalized spacial score (nSPS) is 23.8. The van der Waals surface area contributed by atoms with Crippen molar-refractivity contribution in [2.45, 2.75) is 25.1 Å². The fourth-order valence-corrected chi connectivity index (χ4v) is 3.25. The molecule has 1 aliphatic rings. The SMILES string of the molecule is CNc1cnccc1C(=O)N1CCSC(C)C1C. The van der Waals surface area contributed by atoms with E-state index in [2.05, 4.69) is 24.1 Å².